The summed E-state index contributed by atoms with van der Waals surface area (Å²) in [4.78, 5) is 27.2. The maximum atomic E-state index is 12.1. The van der Waals surface area contributed by atoms with Gasteiger partial charge in [-0.25, -0.2) is 0 Å². The largest absolute Gasteiger partial charge is 0.490 e. The molecule has 1 aromatic heterocycles. The third kappa shape index (κ3) is 8.43. The van der Waals surface area contributed by atoms with Crippen LogP contribution in [-0.4, -0.2) is 41.2 Å². The molecule has 2 aromatic carbocycles. The van der Waals surface area contributed by atoms with Gasteiger partial charge < -0.3 is 20.5 Å². The van der Waals surface area contributed by atoms with Crippen LogP contribution in [0.5, 0.6) is 5.75 Å². The van der Waals surface area contributed by atoms with E-state index < -0.39 is 5.97 Å². The van der Waals surface area contributed by atoms with Crippen molar-refractivity contribution in [3.05, 3.63) is 76.4 Å². The van der Waals surface area contributed by atoms with E-state index in [9.17, 15) is 9.59 Å². The molecule has 0 aliphatic carbocycles. The number of aliphatic carboxylic acids is 1. The van der Waals surface area contributed by atoms with Crippen LogP contribution >= 0.6 is 23.2 Å². The Balaban J connectivity index is 1.57. The Kier molecular flexibility index (Phi) is 10.4. The van der Waals surface area contributed by atoms with Gasteiger partial charge in [0.25, 0.3) is 5.91 Å². The molecule has 7 nitrogen and oxygen atoms in total. The highest BCUT2D eigenvalue weighted by atomic mass is 35.5. The first-order valence-corrected chi connectivity index (χ1v) is 12.5. The number of carboxylic acid groups (broad SMARTS) is 1. The van der Waals surface area contributed by atoms with Crippen LogP contribution in [0.4, 0.5) is 5.69 Å². The van der Waals surface area contributed by atoms with Crippen molar-refractivity contribution in [2.24, 2.45) is 0 Å². The number of aromatic nitrogens is 1. The van der Waals surface area contributed by atoms with Crippen LogP contribution in [0.1, 0.15) is 43.0 Å². The number of ether oxygens (including phenoxy) is 1. The molecule has 1 heterocycles. The number of pyridine rings is 1. The monoisotopic (exact) mass is 529 g/mol. The summed E-state index contributed by atoms with van der Waals surface area (Å²) in [5.41, 5.74) is 2.87. The maximum Gasteiger partial charge on any atom is 0.305 e. The molecular weight excluding hydrogens is 501 g/mol. The molecule has 0 bridgehead atoms. The van der Waals surface area contributed by atoms with E-state index in [1.54, 1.807) is 30.5 Å². The Morgan fingerprint density at radius 1 is 1.08 bits per heavy atom. The molecule has 3 aromatic rings. The Morgan fingerprint density at radius 2 is 1.86 bits per heavy atom. The van der Waals surface area contributed by atoms with E-state index in [0.717, 1.165) is 36.2 Å². The minimum atomic E-state index is -0.951. The van der Waals surface area contributed by atoms with Gasteiger partial charge in [-0.15, -0.1) is 0 Å². The molecule has 0 radical (unpaired) electrons. The van der Waals surface area contributed by atoms with Gasteiger partial charge in [-0.3, -0.25) is 14.6 Å². The number of hydrogen-bond acceptors (Lipinski definition) is 5. The molecule has 3 N–H and O–H groups in total. The van der Waals surface area contributed by atoms with E-state index in [2.05, 4.69) is 22.5 Å². The fraction of sp³-hybridized carbons (Fsp3) is 0.296. The minimum Gasteiger partial charge on any atom is -0.490 e. The Hall–Kier alpha value is -3.29. The molecule has 36 heavy (non-hydrogen) atoms. The van der Waals surface area contributed by atoms with Crippen molar-refractivity contribution in [2.45, 2.75) is 38.6 Å². The number of carbonyl (C=O) groups is 2. The van der Waals surface area contributed by atoms with E-state index in [4.69, 9.17) is 33.0 Å². The molecular formula is C27H29Cl2N3O4. The molecule has 0 saturated heterocycles. The highest BCUT2D eigenvalue weighted by molar-refractivity contribution is 6.36. The Morgan fingerprint density at radius 3 is 2.50 bits per heavy atom. The van der Waals surface area contributed by atoms with Crippen LogP contribution in [0.15, 0.2) is 60.8 Å². The van der Waals surface area contributed by atoms with Crippen LogP contribution in [0.3, 0.4) is 0 Å². The third-order valence-electron chi connectivity index (χ3n) is 5.44. The Labute approximate surface area is 220 Å². The van der Waals surface area contributed by atoms with E-state index in [-0.39, 0.29) is 24.9 Å². The number of carbonyl (C=O) groups excluding carboxylic acids is 1. The highest BCUT2D eigenvalue weighted by Crippen LogP contribution is 2.29. The molecule has 0 aliphatic heterocycles. The lowest BCUT2D eigenvalue weighted by Gasteiger charge is -2.20. The van der Waals surface area contributed by atoms with Gasteiger partial charge >= 0.3 is 5.97 Å². The summed E-state index contributed by atoms with van der Waals surface area (Å²) in [6.07, 6.45) is 4.58. The van der Waals surface area contributed by atoms with Crippen LogP contribution < -0.4 is 15.4 Å². The lowest BCUT2D eigenvalue weighted by atomic mass is 10.1. The standard InChI is InChI=1S/C27H29Cl2N3O4/c1-2-3-4-21(32-20-8-5-18(6-9-20)27(35)30-14-13-26(33)34)17-36-22-10-12-25(31-16-22)23-11-7-19(28)15-24(23)29/h5-12,15-16,21,32H,2-4,13-14,17H2,1H3,(H,30,35)(H,33,34). The first kappa shape index (κ1) is 27.3. The van der Waals surface area contributed by atoms with Gasteiger partial charge in [-0.2, -0.15) is 0 Å². The van der Waals surface area contributed by atoms with Crippen molar-refractivity contribution in [1.82, 2.24) is 10.3 Å². The Bertz CT molecular complexity index is 1150. The number of nitrogens with one attached hydrogen (secondary N) is 2. The van der Waals surface area contributed by atoms with Gasteiger partial charge in [-0.1, -0.05) is 43.0 Å². The second-order valence-electron chi connectivity index (χ2n) is 8.27. The summed E-state index contributed by atoms with van der Waals surface area (Å²) in [5.74, 6) is -0.599. The SMILES string of the molecule is CCCCC(COc1ccc(-c2ccc(Cl)cc2Cl)nc1)Nc1ccc(C(=O)NCCC(=O)O)cc1. The van der Waals surface area contributed by atoms with Gasteiger partial charge in [-0.05, 0) is 61.0 Å². The van der Waals surface area contributed by atoms with Crippen molar-refractivity contribution < 1.29 is 19.4 Å². The maximum absolute atomic E-state index is 12.1. The zero-order chi connectivity index (χ0) is 25.9. The van der Waals surface area contributed by atoms with Crippen molar-refractivity contribution in [3.63, 3.8) is 0 Å². The van der Waals surface area contributed by atoms with Crippen molar-refractivity contribution in [1.29, 1.82) is 0 Å². The lowest BCUT2D eigenvalue weighted by molar-refractivity contribution is -0.136. The number of carboxylic acids is 1. The summed E-state index contributed by atoms with van der Waals surface area (Å²) in [5, 5.41) is 15.9. The molecule has 3 rings (SSSR count). The normalized spacial score (nSPS) is 11.5. The van der Waals surface area contributed by atoms with Gasteiger partial charge in [0.2, 0.25) is 0 Å². The lowest BCUT2D eigenvalue weighted by Crippen LogP contribution is -2.27. The number of benzene rings is 2. The first-order valence-electron chi connectivity index (χ1n) is 11.8. The van der Waals surface area contributed by atoms with Gasteiger partial charge in [0.1, 0.15) is 12.4 Å². The topological polar surface area (TPSA) is 101 Å². The third-order valence-corrected chi connectivity index (χ3v) is 5.99. The molecule has 1 atom stereocenters. The van der Waals surface area contributed by atoms with Crippen LogP contribution in [0, 0.1) is 0 Å². The van der Waals surface area contributed by atoms with E-state index in [1.807, 2.05) is 30.3 Å². The predicted molar refractivity (Wildman–Crippen MR) is 143 cm³/mol. The molecule has 0 saturated carbocycles. The fourth-order valence-electron chi connectivity index (χ4n) is 3.51. The van der Waals surface area contributed by atoms with Crippen LogP contribution in [0.25, 0.3) is 11.3 Å². The molecule has 0 fully saturated rings. The molecule has 0 aliphatic rings. The average molecular weight is 530 g/mol. The number of nitrogens with zero attached hydrogens (tertiary/aromatic N) is 1. The molecule has 190 valence electrons. The van der Waals surface area contributed by atoms with Gasteiger partial charge in [0.05, 0.1) is 29.4 Å². The summed E-state index contributed by atoms with van der Waals surface area (Å²) in [6, 6.07) is 16.2. The van der Waals surface area contributed by atoms with E-state index in [0.29, 0.717) is 28.0 Å². The fourth-order valence-corrected chi connectivity index (χ4v) is 4.01. The molecule has 1 unspecified atom stereocenters. The number of amides is 1. The zero-order valence-electron chi connectivity index (χ0n) is 20.0. The summed E-state index contributed by atoms with van der Waals surface area (Å²) in [6.45, 7) is 2.67. The quantitative estimate of drug-likeness (QED) is 0.240. The van der Waals surface area contributed by atoms with Gasteiger partial charge in [0.15, 0.2) is 0 Å². The van der Waals surface area contributed by atoms with Gasteiger partial charge in [0, 0.05) is 28.4 Å². The van der Waals surface area contributed by atoms with Crippen molar-refractivity contribution in [2.75, 3.05) is 18.5 Å². The number of hydrogen-bond donors (Lipinski definition) is 3. The van der Waals surface area contributed by atoms with Crippen molar-refractivity contribution >= 4 is 40.8 Å². The first-order chi connectivity index (χ1) is 17.4. The van der Waals surface area contributed by atoms with Crippen LogP contribution in [-0.2, 0) is 4.79 Å². The molecule has 9 heteroatoms. The zero-order valence-corrected chi connectivity index (χ0v) is 21.5. The second kappa shape index (κ2) is 13.7. The summed E-state index contributed by atoms with van der Waals surface area (Å²) in [7, 11) is 0. The minimum absolute atomic E-state index is 0.0607. The van der Waals surface area contributed by atoms with E-state index >= 15 is 0 Å². The predicted octanol–water partition coefficient (Wildman–Crippen LogP) is 6.31. The average Bonchev–Trinajstić information content (AvgIpc) is 2.86. The van der Waals surface area contributed by atoms with E-state index in [1.165, 1.54) is 0 Å². The number of rotatable bonds is 13. The smallest absolute Gasteiger partial charge is 0.305 e. The number of halogens is 2. The number of unbranched alkanes of at least 4 members (excludes halogenated alkanes) is 1. The summed E-state index contributed by atoms with van der Waals surface area (Å²) >= 11 is 12.3. The highest BCUT2D eigenvalue weighted by Gasteiger charge is 2.12. The summed E-state index contributed by atoms with van der Waals surface area (Å²) < 4.78 is 6.01. The second-order valence-corrected chi connectivity index (χ2v) is 9.12. The number of anilines is 1. The van der Waals surface area contributed by atoms with Crippen molar-refractivity contribution in [3.8, 4) is 17.0 Å². The molecule has 1 amide bonds. The molecule has 0 spiro atoms. The van der Waals surface area contributed by atoms with Crippen LogP contribution in [0.2, 0.25) is 10.0 Å².